The number of para-hydroxylation sites is 1. The molecule has 1 aliphatic carbocycles. The van der Waals surface area contributed by atoms with Crippen LogP contribution in [0.4, 0.5) is 0 Å². The zero-order valence-corrected chi connectivity index (χ0v) is 42.2. The summed E-state index contributed by atoms with van der Waals surface area (Å²) >= 11 is 0. The molecule has 1 aliphatic rings. The fraction of sp³-hybridized carbons (Fsp3) is 0.294. The van der Waals surface area contributed by atoms with Gasteiger partial charge < -0.3 is 4.74 Å². The average Bonchev–Trinajstić information content (AvgIpc) is 1.14. The van der Waals surface area contributed by atoms with E-state index in [9.17, 15) is 12.3 Å². The Hall–Kier alpha value is -7.24. The topological polar surface area (TPSA) is 35.9 Å². The number of benzene rings is 7. The molecule has 368 valence electrons. The summed E-state index contributed by atoms with van der Waals surface area (Å²) in [6.07, 6.45) is -4.05. The second-order valence-corrected chi connectivity index (χ2v) is 21.9. The fourth-order valence-electron chi connectivity index (χ4n) is 9.51. The van der Waals surface area contributed by atoms with Crippen LogP contribution in [0.25, 0.3) is 72.3 Å². The molecule has 0 radical (unpaired) electrons. The molecule has 0 amide bonds. The quantitative estimate of drug-likeness (QED) is 0.118. The molecular formula is C68H70N4O. The van der Waals surface area contributed by atoms with E-state index in [1.165, 1.54) is 16.7 Å². The van der Waals surface area contributed by atoms with Gasteiger partial charge in [0, 0.05) is 45.0 Å². The van der Waals surface area contributed by atoms with Crippen molar-refractivity contribution in [2.24, 2.45) is 0 Å². The van der Waals surface area contributed by atoms with Crippen LogP contribution in [0.2, 0.25) is 0 Å². The summed E-state index contributed by atoms with van der Waals surface area (Å²) < 4.78 is 235. The SMILES string of the molecule is [2H]c1c([2H])c([2H])c(-c2cc(C(C)(C)C)cc(-c3c([2H])c([2H])c4c(c3[2H])C(C([2H])([2H])[2H])(C([2H])([2H])[2H])C([2H])([2H])C([2H])([2H])C4(C([2H])([2H])[2H])C([2H])([2H])[2H])c2-[n+]2[c-]n(-c3cccc(Oc4ccc5c6ccccc6n(-c6cc(C(C)(C)C)ccn6)c5c4)c3)c3ccc(C(C)(C)C)cc32)c([2H])c1[2H]. The maximum atomic E-state index is 10.5. The molecule has 73 heavy (non-hydrogen) atoms. The zero-order valence-electron chi connectivity index (χ0n) is 66.2. The van der Waals surface area contributed by atoms with Crippen LogP contribution in [-0.2, 0) is 27.1 Å². The first-order valence-corrected chi connectivity index (χ1v) is 24.1. The second-order valence-electron chi connectivity index (χ2n) is 21.9. The van der Waals surface area contributed by atoms with E-state index >= 15 is 0 Å². The van der Waals surface area contributed by atoms with Gasteiger partial charge in [-0.05, 0) is 144 Å². The smallest absolute Gasteiger partial charge is 0.269 e. The predicted molar refractivity (Wildman–Crippen MR) is 305 cm³/mol. The lowest BCUT2D eigenvalue weighted by molar-refractivity contribution is -0.571. The standard InChI is InChI=1S/C68H70N4O/c1-64(2,3)46-27-31-59-61(39-46)71(63-54(44-20-15-14-16-21-44)37-48(66(7,8)9)38-55(63)45-26-30-56-57(36-45)68(12,13)34-33-67(56,10)11)43-70(59)49-22-19-23-50(41-49)73-51-28-29-53-52-24-17-18-25-58(52)72(60(53)42-51)62-40-47(32-35-69-62)65(4,5)6/h14-32,35-42H,33-34H2,1-13H3/i10D3,11D3,12D3,13D3,14D,15D,16D,20D,21D,26D,30D,33D2,34D2,36D. The maximum Gasteiger partial charge on any atom is 0.269 e. The van der Waals surface area contributed by atoms with Crippen molar-refractivity contribution < 1.29 is 42.2 Å². The van der Waals surface area contributed by atoms with Crippen molar-refractivity contribution in [2.45, 2.75) is 130 Å². The van der Waals surface area contributed by atoms with Gasteiger partial charge in [0.1, 0.15) is 17.3 Å². The molecule has 10 aromatic rings. The summed E-state index contributed by atoms with van der Waals surface area (Å²) in [6, 6.07) is 24.7. The van der Waals surface area contributed by atoms with Crippen molar-refractivity contribution in [3.63, 3.8) is 0 Å². The van der Waals surface area contributed by atoms with E-state index < -0.39 is 138 Å². The zero-order chi connectivity index (χ0) is 72.0. The molecule has 3 heterocycles. The van der Waals surface area contributed by atoms with E-state index in [0.29, 0.717) is 34.1 Å². The van der Waals surface area contributed by atoms with Gasteiger partial charge in [-0.1, -0.05) is 187 Å². The van der Waals surface area contributed by atoms with E-state index in [4.69, 9.17) is 30.3 Å². The van der Waals surface area contributed by atoms with Crippen LogP contribution in [0.15, 0.2) is 164 Å². The molecule has 7 aromatic carbocycles. The van der Waals surface area contributed by atoms with Gasteiger partial charge in [-0.15, -0.1) is 0 Å². The molecule has 0 spiro atoms. The van der Waals surface area contributed by atoms with Gasteiger partial charge in [-0.3, -0.25) is 13.7 Å². The first-order valence-electron chi connectivity index (χ1n) is 36.1. The highest BCUT2D eigenvalue weighted by atomic mass is 16.5. The Labute approximate surface area is 466 Å². The van der Waals surface area contributed by atoms with Gasteiger partial charge in [-0.2, -0.15) is 0 Å². The first kappa shape index (κ1) is 27.7. The lowest BCUT2D eigenvalue weighted by Gasteiger charge is -2.42. The number of aromatic nitrogens is 4. The minimum Gasteiger partial charge on any atom is -0.458 e. The Kier molecular flexibility index (Phi) is 6.53. The van der Waals surface area contributed by atoms with Crippen molar-refractivity contribution in [1.29, 1.82) is 0 Å². The summed E-state index contributed by atoms with van der Waals surface area (Å²) in [4.78, 5) is 4.82. The van der Waals surface area contributed by atoms with Crippen molar-refractivity contribution >= 4 is 32.8 Å². The molecule has 5 heteroatoms. The van der Waals surface area contributed by atoms with Crippen LogP contribution in [-0.4, -0.2) is 14.1 Å². The minimum absolute atomic E-state index is 0.187. The van der Waals surface area contributed by atoms with Gasteiger partial charge in [0.15, 0.2) is 0 Å². The lowest BCUT2D eigenvalue weighted by atomic mass is 9.63. The van der Waals surface area contributed by atoms with E-state index in [2.05, 4.69) is 37.7 Å². The number of hydrogen-bond donors (Lipinski definition) is 0. The third kappa shape index (κ3) is 8.65. The van der Waals surface area contributed by atoms with Gasteiger partial charge >= 0.3 is 0 Å². The predicted octanol–water partition coefficient (Wildman–Crippen LogP) is 17.6. The van der Waals surface area contributed by atoms with E-state index in [1.807, 2.05) is 75.4 Å². The third-order valence-corrected chi connectivity index (χ3v) is 13.6. The number of nitrogens with zero attached hydrogens (tertiary/aromatic N) is 4. The molecule has 0 atom stereocenters. The van der Waals surface area contributed by atoms with E-state index in [0.717, 1.165) is 27.4 Å². The maximum absolute atomic E-state index is 10.5. The molecule has 3 aromatic heterocycles. The van der Waals surface area contributed by atoms with Crippen molar-refractivity contribution in [1.82, 2.24) is 14.1 Å². The molecular weight excluding hydrogens is 889 g/mol. The van der Waals surface area contributed by atoms with Gasteiger partial charge in [-0.25, -0.2) is 4.98 Å². The highest BCUT2D eigenvalue weighted by molar-refractivity contribution is 6.09. The molecule has 0 unspecified atom stereocenters. The summed E-state index contributed by atoms with van der Waals surface area (Å²) in [5.74, 6) is 1.46. The molecule has 0 saturated heterocycles. The normalized spacial score (nSPS) is 21.6. The molecule has 0 aliphatic heterocycles. The molecule has 0 bridgehead atoms. The number of pyridine rings is 1. The minimum atomic E-state index is -4.63. The second kappa shape index (κ2) is 17.2. The molecule has 0 N–H and O–H groups in total. The molecule has 0 saturated carbocycles. The summed E-state index contributed by atoms with van der Waals surface area (Å²) in [7, 11) is 0. The van der Waals surface area contributed by atoms with Crippen LogP contribution < -0.4 is 9.30 Å². The number of rotatable bonds is 7. The Morgan fingerprint density at radius 2 is 1.27 bits per heavy atom. The van der Waals surface area contributed by atoms with Crippen LogP contribution in [0.5, 0.6) is 11.5 Å². The van der Waals surface area contributed by atoms with E-state index in [1.54, 1.807) is 67.9 Å². The van der Waals surface area contributed by atoms with Crippen LogP contribution in [0.3, 0.4) is 0 Å². The van der Waals surface area contributed by atoms with Crippen molar-refractivity contribution in [2.75, 3.05) is 0 Å². The summed E-state index contributed by atoms with van der Waals surface area (Å²) in [6.45, 7) is -0.0621. The largest absolute Gasteiger partial charge is 0.458 e. The van der Waals surface area contributed by atoms with Crippen LogP contribution >= 0.6 is 0 Å². The first-order chi connectivity index (χ1) is 44.4. The lowest BCUT2D eigenvalue weighted by Crippen LogP contribution is -2.34. The monoisotopic (exact) mass is 983 g/mol. The number of fused-ring (bicyclic) bond motifs is 5. The van der Waals surface area contributed by atoms with Crippen molar-refractivity contribution in [3.8, 4) is 50.9 Å². The highest BCUT2D eigenvalue weighted by Gasteiger charge is 2.37. The van der Waals surface area contributed by atoms with Gasteiger partial charge in [0.05, 0.1) is 44.4 Å². The number of ether oxygens (including phenoxy) is 1. The third-order valence-electron chi connectivity index (χ3n) is 13.6. The number of imidazole rings is 1. The van der Waals surface area contributed by atoms with Crippen molar-refractivity contribution in [3.05, 3.63) is 198 Å². The summed E-state index contributed by atoms with van der Waals surface area (Å²) in [5, 5.41) is 1.92. The van der Waals surface area contributed by atoms with Crippen LogP contribution in [0.1, 0.15) is 163 Å². The van der Waals surface area contributed by atoms with Crippen LogP contribution in [0, 0.1) is 6.33 Å². The van der Waals surface area contributed by atoms with E-state index in [-0.39, 0.29) is 27.7 Å². The Balaban J connectivity index is 1.28. The Morgan fingerprint density at radius 1 is 0.603 bits per heavy atom. The summed E-state index contributed by atoms with van der Waals surface area (Å²) in [5.41, 5.74) is -11.9. The average molecular weight is 983 g/mol. The Bertz CT molecular complexity index is 4850. The fourth-order valence-corrected chi connectivity index (χ4v) is 9.51. The molecule has 11 rings (SSSR count). The highest BCUT2D eigenvalue weighted by Crippen LogP contribution is 2.48. The Morgan fingerprint density at radius 3 is 2.00 bits per heavy atom. The molecule has 0 fully saturated rings. The van der Waals surface area contributed by atoms with Gasteiger partial charge in [0.25, 0.3) is 6.33 Å². The van der Waals surface area contributed by atoms with Gasteiger partial charge in [0.2, 0.25) is 0 Å². The molecule has 5 nitrogen and oxygen atoms in total. The number of hydrogen-bond acceptors (Lipinski definition) is 2.